The highest BCUT2D eigenvalue weighted by Crippen LogP contribution is 2.31. The minimum absolute atomic E-state index is 0.214. The van der Waals surface area contributed by atoms with Crippen molar-refractivity contribution in [3.63, 3.8) is 0 Å². The summed E-state index contributed by atoms with van der Waals surface area (Å²) in [4.78, 5) is 11.6. The lowest BCUT2D eigenvalue weighted by Gasteiger charge is -2.37. The molecule has 1 aromatic carbocycles. The van der Waals surface area contributed by atoms with Gasteiger partial charge in [-0.15, -0.1) is 0 Å². The molecular weight excluding hydrogens is 392 g/mol. The first kappa shape index (κ1) is 20.2. The molecule has 2 aromatic heterocycles. The van der Waals surface area contributed by atoms with E-state index in [0.717, 1.165) is 46.8 Å². The van der Waals surface area contributed by atoms with Gasteiger partial charge >= 0.3 is 0 Å². The number of hydrogen-bond donors (Lipinski definition) is 1. The molecule has 7 heteroatoms. The minimum atomic E-state index is -0.362. The first-order valence-electron chi connectivity index (χ1n) is 10.8. The molecule has 5 rings (SSSR count). The van der Waals surface area contributed by atoms with Crippen molar-refractivity contribution < 1.29 is 14.2 Å². The van der Waals surface area contributed by atoms with E-state index in [0.29, 0.717) is 13.2 Å². The summed E-state index contributed by atoms with van der Waals surface area (Å²) >= 11 is 0. The zero-order chi connectivity index (χ0) is 21.4. The van der Waals surface area contributed by atoms with Crippen LogP contribution in [0.4, 0.5) is 17.1 Å². The molecular formula is C24H28N4O3. The van der Waals surface area contributed by atoms with Crippen LogP contribution in [0.25, 0.3) is 10.9 Å². The fraction of sp³-hybridized carbons (Fsp3) is 0.417. The van der Waals surface area contributed by atoms with Gasteiger partial charge in [0.1, 0.15) is 0 Å². The molecule has 3 aromatic rings. The Morgan fingerprint density at radius 1 is 1.00 bits per heavy atom. The Morgan fingerprint density at radius 3 is 2.48 bits per heavy atom. The van der Waals surface area contributed by atoms with Crippen molar-refractivity contribution in [2.45, 2.75) is 39.3 Å². The van der Waals surface area contributed by atoms with Crippen molar-refractivity contribution in [1.29, 1.82) is 0 Å². The molecule has 162 valence electrons. The normalized spacial score (nSPS) is 22.2. The molecule has 2 aliphatic rings. The van der Waals surface area contributed by atoms with Crippen LogP contribution >= 0.6 is 0 Å². The van der Waals surface area contributed by atoms with E-state index in [2.05, 4.69) is 53.3 Å². The van der Waals surface area contributed by atoms with Gasteiger partial charge in [0.15, 0.2) is 0 Å². The van der Waals surface area contributed by atoms with E-state index in [1.165, 1.54) is 5.69 Å². The number of nitrogens with zero attached hydrogens (tertiary/aromatic N) is 3. The lowest BCUT2D eigenvalue weighted by atomic mass is 10.1. The number of aryl methyl sites for hydroxylation is 1. The number of aromatic nitrogens is 2. The highest BCUT2D eigenvalue weighted by Gasteiger charge is 2.23. The molecule has 0 aliphatic carbocycles. The molecule has 0 spiro atoms. The number of nitrogens with one attached hydrogen (secondary N) is 1. The average Bonchev–Trinajstić information content (AvgIpc) is 3.28. The summed E-state index contributed by atoms with van der Waals surface area (Å²) in [5, 5.41) is 4.61. The third kappa shape index (κ3) is 4.35. The maximum atomic E-state index is 5.90. The van der Waals surface area contributed by atoms with Crippen molar-refractivity contribution in [1.82, 2.24) is 9.97 Å². The zero-order valence-corrected chi connectivity index (χ0v) is 18.2. The Balaban J connectivity index is 1.44. The molecule has 7 nitrogen and oxygen atoms in total. The van der Waals surface area contributed by atoms with E-state index in [4.69, 9.17) is 19.2 Å². The number of morpholine rings is 1. The highest BCUT2D eigenvalue weighted by atomic mass is 16.7. The van der Waals surface area contributed by atoms with Gasteiger partial charge in [0, 0.05) is 35.5 Å². The summed E-state index contributed by atoms with van der Waals surface area (Å²) in [7, 11) is 0. The Hall–Kier alpha value is -2.74. The molecule has 4 heterocycles. The summed E-state index contributed by atoms with van der Waals surface area (Å²) < 4.78 is 17.0. The molecule has 2 unspecified atom stereocenters. The van der Waals surface area contributed by atoms with Gasteiger partial charge in [-0.25, -0.2) is 0 Å². The van der Waals surface area contributed by atoms with Gasteiger partial charge < -0.3 is 24.4 Å². The molecule has 2 atom stereocenters. The molecule has 0 amide bonds. The predicted molar refractivity (Wildman–Crippen MR) is 121 cm³/mol. The monoisotopic (exact) mass is 420 g/mol. The largest absolute Gasteiger partial charge is 0.372 e. The predicted octanol–water partition coefficient (Wildman–Crippen LogP) is 4.34. The van der Waals surface area contributed by atoms with Crippen molar-refractivity contribution >= 4 is 28.0 Å². The second kappa shape index (κ2) is 8.42. The van der Waals surface area contributed by atoms with Crippen molar-refractivity contribution in [3.8, 4) is 0 Å². The van der Waals surface area contributed by atoms with E-state index < -0.39 is 0 Å². The Kier molecular flexibility index (Phi) is 5.48. The molecule has 2 fully saturated rings. The van der Waals surface area contributed by atoms with Crippen LogP contribution in [0.1, 0.15) is 31.5 Å². The maximum absolute atomic E-state index is 5.90. The van der Waals surface area contributed by atoms with Crippen LogP contribution in [0.5, 0.6) is 0 Å². The second-order valence-corrected chi connectivity index (χ2v) is 8.35. The Bertz CT molecular complexity index is 1060. The van der Waals surface area contributed by atoms with Gasteiger partial charge in [0.05, 0.1) is 48.5 Å². The van der Waals surface area contributed by atoms with E-state index in [1.807, 2.05) is 25.3 Å². The number of ether oxygens (including phenoxy) is 3. The third-order valence-electron chi connectivity index (χ3n) is 5.63. The molecule has 0 saturated carbocycles. The lowest BCUT2D eigenvalue weighted by Crippen LogP contribution is -2.45. The standard InChI is InChI=1S/C24H28N4O3/c1-15-10-23(27-18-4-6-22(25-12-18)24-29-8-9-30-24)20-11-19(5-7-21(20)26-15)28-13-16(2)31-17(3)14-28/h4-7,10-12,16-17,24H,8-9,13-14H2,1-3H3,(H,26,27). The topological polar surface area (TPSA) is 68.7 Å². The molecule has 1 N–H and O–H groups in total. The molecule has 2 aliphatic heterocycles. The van der Waals surface area contributed by atoms with Crippen LogP contribution in [-0.4, -0.2) is 48.5 Å². The number of anilines is 3. The van der Waals surface area contributed by atoms with E-state index >= 15 is 0 Å². The quantitative estimate of drug-likeness (QED) is 0.673. The fourth-order valence-electron chi connectivity index (χ4n) is 4.34. The summed E-state index contributed by atoms with van der Waals surface area (Å²) in [5.41, 5.74) is 5.84. The van der Waals surface area contributed by atoms with Gasteiger partial charge in [0.25, 0.3) is 0 Å². The fourth-order valence-corrected chi connectivity index (χ4v) is 4.34. The van der Waals surface area contributed by atoms with Gasteiger partial charge in [-0.05, 0) is 57.2 Å². The number of benzene rings is 1. The Labute approximate surface area is 182 Å². The second-order valence-electron chi connectivity index (χ2n) is 8.35. The van der Waals surface area contributed by atoms with Crippen molar-refractivity contribution in [3.05, 3.63) is 54.0 Å². The van der Waals surface area contributed by atoms with Crippen LogP contribution in [0, 0.1) is 6.92 Å². The van der Waals surface area contributed by atoms with Crippen molar-refractivity contribution in [2.24, 2.45) is 0 Å². The van der Waals surface area contributed by atoms with Crippen molar-refractivity contribution in [2.75, 3.05) is 36.5 Å². The third-order valence-corrected chi connectivity index (χ3v) is 5.63. The summed E-state index contributed by atoms with van der Waals surface area (Å²) in [5.74, 6) is 0. The van der Waals surface area contributed by atoms with Gasteiger partial charge in [-0.1, -0.05) is 0 Å². The number of fused-ring (bicyclic) bond motifs is 1. The van der Waals surface area contributed by atoms with Crippen LogP contribution in [0.15, 0.2) is 42.6 Å². The highest BCUT2D eigenvalue weighted by molar-refractivity contribution is 5.95. The van der Waals surface area contributed by atoms with Crippen LogP contribution in [-0.2, 0) is 14.2 Å². The van der Waals surface area contributed by atoms with Crippen LogP contribution in [0.2, 0.25) is 0 Å². The lowest BCUT2D eigenvalue weighted by molar-refractivity contribution is -0.0472. The first-order chi connectivity index (χ1) is 15.0. The SMILES string of the molecule is Cc1cc(Nc2ccc(C3OCCO3)nc2)c2cc(N3CC(C)OC(C)C3)ccc2n1. The zero-order valence-electron chi connectivity index (χ0n) is 18.2. The van der Waals surface area contributed by atoms with E-state index in [1.54, 1.807) is 0 Å². The summed E-state index contributed by atoms with van der Waals surface area (Å²) in [6, 6.07) is 12.5. The average molecular weight is 421 g/mol. The Morgan fingerprint density at radius 2 is 1.77 bits per heavy atom. The summed E-state index contributed by atoms with van der Waals surface area (Å²) in [6.07, 6.45) is 1.88. The van der Waals surface area contributed by atoms with Gasteiger partial charge in [0.2, 0.25) is 6.29 Å². The molecule has 0 bridgehead atoms. The molecule has 0 radical (unpaired) electrons. The van der Waals surface area contributed by atoms with Crippen LogP contribution in [0.3, 0.4) is 0 Å². The number of pyridine rings is 2. The molecule has 2 saturated heterocycles. The minimum Gasteiger partial charge on any atom is -0.372 e. The van der Waals surface area contributed by atoms with Gasteiger partial charge in [-0.3, -0.25) is 9.97 Å². The maximum Gasteiger partial charge on any atom is 0.201 e. The number of rotatable bonds is 4. The molecule has 31 heavy (non-hydrogen) atoms. The first-order valence-corrected chi connectivity index (χ1v) is 10.8. The summed E-state index contributed by atoms with van der Waals surface area (Å²) in [6.45, 7) is 9.25. The van der Waals surface area contributed by atoms with Crippen LogP contribution < -0.4 is 10.2 Å². The van der Waals surface area contributed by atoms with E-state index in [-0.39, 0.29) is 18.5 Å². The van der Waals surface area contributed by atoms with Gasteiger partial charge in [-0.2, -0.15) is 0 Å². The number of hydrogen-bond acceptors (Lipinski definition) is 7. The van der Waals surface area contributed by atoms with E-state index in [9.17, 15) is 0 Å². The smallest absolute Gasteiger partial charge is 0.201 e.